The van der Waals surface area contributed by atoms with Crippen molar-refractivity contribution >= 4 is 0 Å². The van der Waals surface area contributed by atoms with E-state index in [4.69, 9.17) is 5.73 Å². The van der Waals surface area contributed by atoms with Crippen molar-refractivity contribution in [1.82, 2.24) is 5.32 Å². The lowest BCUT2D eigenvalue weighted by Crippen LogP contribution is -2.44. The summed E-state index contributed by atoms with van der Waals surface area (Å²) in [5.41, 5.74) is 6.07. The van der Waals surface area contributed by atoms with E-state index in [1.54, 1.807) is 0 Å². The van der Waals surface area contributed by atoms with E-state index in [2.05, 4.69) is 39.9 Å². The molecule has 0 rings (SSSR count). The zero-order valence-electron chi connectivity index (χ0n) is 13.4. The highest BCUT2D eigenvalue weighted by Gasteiger charge is 2.22. The van der Waals surface area contributed by atoms with Gasteiger partial charge in [-0.15, -0.1) is 0 Å². The highest BCUT2D eigenvalue weighted by atomic mass is 15.0. The SMILES string of the molecule is CCC(CC)(CC)NCCCC(CCN)C(C)C. The molecule has 0 aliphatic rings. The van der Waals surface area contributed by atoms with Gasteiger partial charge in [0.2, 0.25) is 0 Å². The van der Waals surface area contributed by atoms with Crippen LogP contribution in [-0.2, 0) is 0 Å². The van der Waals surface area contributed by atoms with Crippen molar-refractivity contribution in [3.8, 4) is 0 Å². The quantitative estimate of drug-likeness (QED) is 0.549. The molecular weight excluding hydrogens is 220 g/mol. The third-order valence-electron chi connectivity index (χ3n) is 4.76. The summed E-state index contributed by atoms with van der Waals surface area (Å²) in [6.45, 7) is 13.5. The second kappa shape index (κ2) is 9.80. The zero-order valence-corrected chi connectivity index (χ0v) is 13.4. The number of hydrogen-bond acceptors (Lipinski definition) is 2. The molecule has 0 aromatic heterocycles. The van der Waals surface area contributed by atoms with Gasteiger partial charge in [-0.05, 0) is 63.5 Å². The van der Waals surface area contributed by atoms with E-state index in [0.29, 0.717) is 5.54 Å². The lowest BCUT2D eigenvalue weighted by molar-refractivity contribution is 0.274. The lowest BCUT2D eigenvalue weighted by atomic mass is 9.87. The van der Waals surface area contributed by atoms with Crippen LogP contribution in [0.3, 0.4) is 0 Å². The van der Waals surface area contributed by atoms with E-state index in [1.807, 2.05) is 0 Å². The van der Waals surface area contributed by atoms with Crippen LogP contribution in [0.25, 0.3) is 0 Å². The fraction of sp³-hybridized carbons (Fsp3) is 1.00. The molecule has 110 valence electrons. The van der Waals surface area contributed by atoms with E-state index in [0.717, 1.165) is 24.9 Å². The maximum atomic E-state index is 5.69. The molecule has 0 saturated heterocycles. The minimum atomic E-state index is 0.376. The Balaban J connectivity index is 3.95. The molecule has 0 fully saturated rings. The molecule has 0 aromatic carbocycles. The first-order valence-electron chi connectivity index (χ1n) is 8.00. The van der Waals surface area contributed by atoms with Gasteiger partial charge >= 0.3 is 0 Å². The normalized spacial score (nSPS) is 14.2. The average Bonchev–Trinajstić information content (AvgIpc) is 2.38. The van der Waals surface area contributed by atoms with Crippen LogP contribution in [0.2, 0.25) is 0 Å². The first-order chi connectivity index (χ1) is 8.55. The molecule has 0 radical (unpaired) electrons. The highest BCUT2D eigenvalue weighted by Crippen LogP contribution is 2.22. The molecule has 18 heavy (non-hydrogen) atoms. The summed E-state index contributed by atoms with van der Waals surface area (Å²) >= 11 is 0. The monoisotopic (exact) mass is 256 g/mol. The molecule has 0 aliphatic carbocycles. The minimum absolute atomic E-state index is 0.376. The van der Waals surface area contributed by atoms with Crippen LogP contribution in [0, 0.1) is 11.8 Å². The van der Waals surface area contributed by atoms with E-state index in [9.17, 15) is 0 Å². The van der Waals surface area contributed by atoms with Crippen LogP contribution in [-0.4, -0.2) is 18.6 Å². The van der Waals surface area contributed by atoms with Crippen molar-refractivity contribution in [2.75, 3.05) is 13.1 Å². The molecule has 3 N–H and O–H groups in total. The van der Waals surface area contributed by atoms with Crippen LogP contribution >= 0.6 is 0 Å². The number of rotatable bonds is 11. The van der Waals surface area contributed by atoms with Gasteiger partial charge in [-0.1, -0.05) is 34.6 Å². The standard InChI is InChI=1S/C16H36N2/c1-6-16(7-2,8-3)18-13-9-10-15(11-12-17)14(4)5/h14-15,18H,6-13,17H2,1-5H3. The van der Waals surface area contributed by atoms with Crippen LogP contribution in [0.1, 0.15) is 73.1 Å². The molecule has 0 aromatic rings. The lowest BCUT2D eigenvalue weighted by Gasteiger charge is -2.32. The Morgan fingerprint density at radius 2 is 1.56 bits per heavy atom. The molecule has 0 bridgehead atoms. The Labute approximate surface area is 115 Å². The van der Waals surface area contributed by atoms with Crippen molar-refractivity contribution < 1.29 is 0 Å². The summed E-state index contributed by atoms with van der Waals surface area (Å²) in [5.74, 6) is 1.57. The zero-order chi connectivity index (χ0) is 14.0. The molecule has 0 aliphatic heterocycles. The Morgan fingerprint density at radius 1 is 1.00 bits per heavy atom. The van der Waals surface area contributed by atoms with Gasteiger partial charge in [-0.2, -0.15) is 0 Å². The molecule has 2 nitrogen and oxygen atoms in total. The molecule has 0 heterocycles. The first-order valence-corrected chi connectivity index (χ1v) is 8.00. The van der Waals surface area contributed by atoms with Gasteiger partial charge in [0, 0.05) is 5.54 Å². The Kier molecular flexibility index (Phi) is 9.76. The van der Waals surface area contributed by atoms with E-state index < -0.39 is 0 Å². The van der Waals surface area contributed by atoms with Gasteiger partial charge < -0.3 is 11.1 Å². The van der Waals surface area contributed by atoms with E-state index in [1.165, 1.54) is 38.5 Å². The van der Waals surface area contributed by atoms with Gasteiger partial charge in [0.1, 0.15) is 0 Å². The van der Waals surface area contributed by atoms with E-state index in [-0.39, 0.29) is 0 Å². The van der Waals surface area contributed by atoms with Crippen molar-refractivity contribution in [2.24, 2.45) is 17.6 Å². The Hall–Kier alpha value is -0.0800. The largest absolute Gasteiger partial charge is 0.330 e. The van der Waals surface area contributed by atoms with Gasteiger partial charge in [-0.3, -0.25) is 0 Å². The second-order valence-electron chi connectivity index (χ2n) is 5.99. The summed E-state index contributed by atoms with van der Waals surface area (Å²) < 4.78 is 0. The highest BCUT2D eigenvalue weighted by molar-refractivity contribution is 4.83. The molecule has 0 saturated carbocycles. The van der Waals surface area contributed by atoms with Gasteiger partial charge in [0.25, 0.3) is 0 Å². The molecule has 0 amide bonds. The maximum absolute atomic E-state index is 5.69. The number of nitrogens with two attached hydrogens (primary N) is 1. The summed E-state index contributed by atoms with van der Waals surface area (Å²) in [4.78, 5) is 0. The van der Waals surface area contributed by atoms with Crippen molar-refractivity contribution in [1.29, 1.82) is 0 Å². The smallest absolute Gasteiger partial charge is 0.0173 e. The number of nitrogens with one attached hydrogen (secondary N) is 1. The van der Waals surface area contributed by atoms with E-state index >= 15 is 0 Å². The van der Waals surface area contributed by atoms with Crippen molar-refractivity contribution in [3.63, 3.8) is 0 Å². The summed E-state index contributed by atoms with van der Waals surface area (Å²) in [6, 6.07) is 0. The predicted molar refractivity (Wildman–Crippen MR) is 82.8 cm³/mol. The van der Waals surface area contributed by atoms with Crippen LogP contribution < -0.4 is 11.1 Å². The van der Waals surface area contributed by atoms with Gasteiger partial charge in [0.05, 0.1) is 0 Å². The third kappa shape index (κ3) is 6.19. The first kappa shape index (κ1) is 17.9. The second-order valence-corrected chi connectivity index (χ2v) is 5.99. The van der Waals surface area contributed by atoms with Crippen molar-refractivity contribution in [3.05, 3.63) is 0 Å². The summed E-state index contributed by atoms with van der Waals surface area (Å²) in [6.07, 6.45) is 7.47. The topological polar surface area (TPSA) is 38.0 Å². The van der Waals surface area contributed by atoms with Crippen molar-refractivity contribution in [2.45, 2.75) is 78.7 Å². The maximum Gasteiger partial charge on any atom is 0.0173 e. The Bertz CT molecular complexity index is 177. The molecule has 0 spiro atoms. The predicted octanol–water partition coefficient (Wildman–Crippen LogP) is 3.95. The van der Waals surface area contributed by atoms with Gasteiger partial charge in [0.15, 0.2) is 0 Å². The number of hydrogen-bond donors (Lipinski definition) is 2. The fourth-order valence-corrected chi connectivity index (χ4v) is 2.87. The van der Waals surface area contributed by atoms with Gasteiger partial charge in [-0.25, -0.2) is 0 Å². The Morgan fingerprint density at radius 3 is 1.94 bits per heavy atom. The molecule has 2 heteroatoms. The average molecular weight is 256 g/mol. The summed E-state index contributed by atoms with van der Waals surface area (Å²) in [7, 11) is 0. The fourth-order valence-electron chi connectivity index (χ4n) is 2.87. The minimum Gasteiger partial charge on any atom is -0.330 e. The molecule has 1 atom stereocenters. The summed E-state index contributed by atoms with van der Waals surface area (Å²) in [5, 5.41) is 3.79. The molecular formula is C16H36N2. The molecule has 1 unspecified atom stereocenters. The van der Waals surface area contributed by atoms with Crippen LogP contribution in [0.15, 0.2) is 0 Å². The van der Waals surface area contributed by atoms with Crippen LogP contribution in [0.5, 0.6) is 0 Å². The third-order valence-corrected chi connectivity index (χ3v) is 4.76. The van der Waals surface area contributed by atoms with Crippen LogP contribution in [0.4, 0.5) is 0 Å².